The Morgan fingerprint density at radius 2 is 2.00 bits per heavy atom. The van der Waals surface area contributed by atoms with Crippen molar-refractivity contribution >= 4 is 0 Å². The van der Waals surface area contributed by atoms with Crippen molar-refractivity contribution in [3.63, 3.8) is 0 Å². The van der Waals surface area contributed by atoms with E-state index in [9.17, 15) is 0 Å². The third-order valence-corrected chi connectivity index (χ3v) is 2.99. The maximum atomic E-state index is 9.04. The van der Waals surface area contributed by atoms with Gasteiger partial charge < -0.3 is 24.1 Å². The highest BCUT2D eigenvalue weighted by Gasteiger charge is 2.59. The van der Waals surface area contributed by atoms with E-state index in [1.807, 2.05) is 6.92 Å². The molecule has 3 saturated heterocycles. The maximum Gasteiger partial charge on any atom is 0.155 e. The number of rotatable bonds is 1. The van der Waals surface area contributed by atoms with Gasteiger partial charge in [-0.1, -0.05) is 0 Å². The van der Waals surface area contributed by atoms with Crippen LogP contribution in [0.3, 0.4) is 0 Å². The molecule has 6 atom stereocenters. The summed E-state index contributed by atoms with van der Waals surface area (Å²) in [5.41, 5.74) is 0. The van der Waals surface area contributed by atoms with E-state index in [0.717, 1.165) is 0 Å². The summed E-state index contributed by atoms with van der Waals surface area (Å²) < 4.78 is 22.0. The van der Waals surface area contributed by atoms with Crippen molar-refractivity contribution in [3.8, 4) is 0 Å². The molecule has 3 aliphatic rings. The minimum atomic E-state index is -0.207. The van der Waals surface area contributed by atoms with Gasteiger partial charge in [-0.3, -0.25) is 0 Å². The van der Waals surface area contributed by atoms with Gasteiger partial charge in [-0.05, 0) is 6.92 Å². The third kappa shape index (κ3) is 1.28. The van der Waals surface area contributed by atoms with Crippen LogP contribution in [0.25, 0.3) is 0 Å². The molecule has 3 fully saturated rings. The molecule has 0 bridgehead atoms. The Kier molecular flexibility index (Phi) is 2.04. The number of hydrogen-bond donors (Lipinski definition) is 1. The molecule has 0 aromatic rings. The fourth-order valence-corrected chi connectivity index (χ4v) is 2.23. The molecule has 0 aliphatic carbocycles. The van der Waals surface area contributed by atoms with E-state index in [1.165, 1.54) is 0 Å². The van der Waals surface area contributed by atoms with Crippen molar-refractivity contribution in [2.24, 2.45) is 0 Å². The number of fused-ring (bicyclic) bond motifs is 3. The molecule has 80 valence electrons. The van der Waals surface area contributed by atoms with Crippen molar-refractivity contribution in [2.75, 3.05) is 13.2 Å². The van der Waals surface area contributed by atoms with E-state index in [2.05, 4.69) is 0 Å². The van der Waals surface area contributed by atoms with Gasteiger partial charge in [0.1, 0.15) is 30.5 Å². The first-order chi connectivity index (χ1) is 6.79. The second-order valence-corrected chi connectivity index (χ2v) is 3.96. The highest BCUT2D eigenvalue weighted by Crippen LogP contribution is 2.40. The lowest BCUT2D eigenvalue weighted by Gasteiger charge is -2.38. The van der Waals surface area contributed by atoms with Crippen molar-refractivity contribution in [1.29, 1.82) is 0 Å². The number of aliphatic hydroxyl groups excluding tert-OH is 1. The Bertz CT molecular complexity index is 233. The number of aliphatic hydroxyl groups is 1. The van der Waals surface area contributed by atoms with Crippen LogP contribution >= 0.6 is 0 Å². The smallest absolute Gasteiger partial charge is 0.155 e. The number of ether oxygens (including phenoxy) is 4. The molecule has 3 aliphatic heterocycles. The lowest BCUT2D eigenvalue weighted by atomic mass is 10.0. The molecule has 5 nitrogen and oxygen atoms in total. The topological polar surface area (TPSA) is 60.5 Å². The van der Waals surface area contributed by atoms with Crippen LogP contribution in [0.1, 0.15) is 6.92 Å². The van der Waals surface area contributed by atoms with Gasteiger partial charge in [0.15, 0.2) is 6.29 Å². The zero-order chi connectivity index (χ0) is 9.71. The average Bonchev–Trinajstić information content (AvgIpc) is 2.96. The van der Waals surface area contributed by atoms with E-state index < -0.39 is 0 Å². The maximum absolute atomic E-state index is 9.04. The van der Waals surface area contributed by atoms with Gasteiger partial charge in [-0.25, -0.2) is 0 Å². The summed E-state index contributed by atoms with van der Waals surface area (Å²) in [6.07, 6.45) is -0.389. The van der Waals surface area contributed by atoms with Crippen molar-refractivity contribution in [3.05, 3.63) is 0 Å². The van der Waals surface area contributed by atoms with Crippen LogP contribution in [0, 0.1) is 0 Å². The summed E-state index contributed by atoms with van der Waals surface area (Å²) >= 11 is 0. The summed E-state index contributed by atoms with van der Waals surface area (Å²) in [4.78, 5) is 0. The predicted octanol–water partition coefficient (Wildman–Crippen LogP) is -0.725. The normalized spacial score (nSPS) is 56.1. The molecule has 3 heterocycles. The lowest BCUT2D eigenvalue weighted by Crippen LogP contribution is -2.54. The molecule has 0 saturated carbocycles. The van der Waals surface area contributed by atoms with E-state index in [1.54, 1.807) is 0 Å². The van der Waals surface area contributed by atoms with Crippen LogP contribution in [0.15, 0.2) is 0 Å². The van der Waals surface area contributed by atoms with E-state index in [0.29, 0.717) is 6.61 Å². The largest absolute Gasteiger partial charge is 0.394 e. The Morgan fingerprint density at radius 3 is 2.79 bits per heavy atom. The van der Waals surface area contributed by atoms with Crippen molar-refractivity contribution < 1.29 is 24.1 Å². The first kappa shape index (κ1) is 9.06. The summed E-state index contributed by atoms with van der Waals surface area (Å²) in [5, 5.41) is 9.04. The van der Waals surface area contributed by atoms with E-state index >= 15 is 0 Å². The summed E-state index contributed by atoms with van der Waals surface area (Å²) in [6.45, 7) is 2.39. The number of epoxide rings is 1. The van der Waals surface area contributed by atoms with Gasteiger partial charge in [-0.2, -0.15) is 0 Å². The third-order valence-electron chi connectivity index (χ3n) is 2.99. The average molecular weight is 202 g/mol. The van der Waals surface area contributed by atoms with Gasteiger partial charge in [0.25, 0.3) is 0 Å². The first-order valence-corrected chi connectivity index (χ1v) is 4.98. The van der Waals surface area contributed by atoms with Crippen LogP contribution in [0.4, 0.5) is 0 Å². The van der Waals surface area contributed by atoms with Crippen LogP contribution in [-0.2, 0) is 18.9 Å². The van der Waals surface area contributed by atoms with Gasteiger partial charge in [-0.15, -0.1) is 0 Å². The van der Waals surface area contributed by atoms with Gasteiger partial charge >= 0.3 is 0 Å². The molecule has 0 radical (unpaired) electrons. The Balaban J connectivity index is 1.72. The Hall–Kier alpha value is -0.200. The van der Waals surface area contributed by atoms with Crippen LogP contribution < -0.4 is 0 Å². The minimum absolute atomic E-state index is 0.0000593. The van der Waals surface area contributed by atoms with Gasteiger partial charge in [0.2, 0.25) is 0 Å². The second-order valence-electron chi connectivity index (χ2n) is 3.96. The molecule has 3 rings (SSSR count). The van der Waals surface area contributed by atoms with E-state index in [-0.39, 0.29) is 43.4 Å². The standard InChI is InChI=1S/C9H14O5/c1-4-11-3-6-8(12-4)9-7(14-9)5(2-10)13-6/h4-10H,2-3H2,1H3/t4-,5-,6-,7+,8-,9+/m1/s1. The lowest BCUT2D eigenvalue weighted by molar-refractivity contribution is -0.273. The van der Waals surface area contributed by atoms with Crippen LogP contribution in [0.2, 0.25) is 0 Å². The zero-order valence-corrected chi connectivity index (χ0v) is 7.96. The first-order valence-electron chi connectivity index (χ1n) is 4.98. The summed E-state index contributed by atoms with van der Waals surface area (Å²) in [7, 11) is 0. The fraction of sp³-hybridized carbons (Fsp3) is 1.00. The van der Waals surface area contributed by atoms with E-state index in [4.69, 9.17) is 24.1 Å². The predicted molar refractivity (Wildman–Crippen MR) is 44.7 cm³/mol. The van der Waals surface area contributed by atoms with Crippen LogP contribution in [-0.4, -0.2) is 55.1 Å². The molecular weight excluding hydrogens is 188 g/mol. The molecule has 14 heavy (non-hydrogen) atoms. The molecule has 1 N–H and O–H groups in total. The Morgan fingerprint density at radius 1 is 1.14 bits per heavy atom. The van der Waals surface area contributed by atoms with Gasteiger partial charge in [0, 0.05) is 0 Å². The fourth-order valence-electron chi connectivity index (χ4n) is 2.23. The van der Waals surface area contributed by atoms with Crippen LogP contribution in [0.5, 0.6) is 0 Å². The molecule has 0 unspecified atom stereocenters. The highest BCUT2D eigenvalue weighted by atomic mass is 16.7. The zero-order valence-electron chi connectivity index (χ0n) is 7.96. The highest BCUT2D eigenvalue weighted by molar-refractivity contribution is 5.04. The summed E-state index contributed by atoms with van der Waals surface area (Å²) in [6, 6.07) is 0. The molecule has 0 aromatic carbocycles. The Labute approximate surface area is 81.9 Å². The quantitative estimate of drug-likeness (QED) is 0.568. The molecule has 0 amide bonds. The van der Waals surface area contributed by atoms with Crippen molar-refractivity contribution in [2.45, 2.75) is 43.7 Å². The molecule has 0 aromatic heterocycles. The SMILES string of the molecule is C[C@@H]1OC[C@H]2O[C@H](CO)[C@@H]3O[C@@H]3[C@@H]2O1. The number of hydrogen-bond acceptors (Lipinski definition) is 5. The minimum Gasteiger partial charge on any atom is -0.394 e. The molecular formula is C9H14O5. The van der Waals surface area contributed by atoms with Crippen molar-refractivity contribution in [1.82, 2.24) is 0 Å². The molecule has 0 spiro atoms. The van der Waals surface area contributed by atoms with Gasteiger partial charge in [0.05, 0.1) is 13.2 Å². The monoisotopic (exact) mass is 202 g/mol. The second kappa shape index (κ2) is 3.15. The summed E-state index contributed by atoms with van der Waals surface area (Å²) in [5.74, 6) is 0. The molecule has 5 heteroatoms.